The van der Waals surface area contributed by atoms with E-state index in [9.17, 15) is 0 Å². The quantitative estimate of drug-likeness (QED) is 0.374. The van der Waals surface area contributed by atoms with Crippen LogP contribution in [0, 0.1) is 5.92 Å². The van der Waals surface area contributed by atoms with E-state index in [4.69, 9.17) is 9.47 Å². The van der Waals surface area contributed by atoms with Crippen LogP contribution in [-0.2, 0) is 11.3 Å². The van der Waals surface area contributed by atoms with Crippen LogP contribution in [0.5, 0.6) is 5.75 Å². The van der Waals surface area contributed by atoms with E-state index >= 15 is 0 Å². The van der Waals surface area contributed by atoms with Crippen LogP contribution >= 0.6 is 0 Å². The minimum absolute atomic E-state index is 0.717. The van der Waals surface area contributed by atoms with Gasteiger partial charge in [-0.2, -0.15) is 0 Å². The van der Waals surface area contributed by atoms with Crippen LogP contribution in [0.1, 0.15) is 31.2 Å². The summed E-state index contributed by atoms with van der Waals surface area (Å²) in [7, 11) is 1.82. The molecular formula is C21H34N4O2. The minimum atomic E-state index is 0.717. The zero-order valence-electron chi connectivity index (χ0n) is 16.6. The molecule has 1 aromatic rings. The van der Waals surface area contributed by atoms with E-state index in [2.05, 4.69) is 38.7 Å². The maximum atomic E-state index is 5.98. The number of nitrogens with zero attached hydrogens (tertiary/aromatic N) is 2. The number of hydrogen-bond acceptors (Lipinski definition) is 4. The third-order valence-electron chi connectivity index (χ3n) is 5.11. The highest BCUT2D eigenvalue weighted by Crippen LogP contribution is 2.30. The molecule has 0 bridgehead atoms. The lowest BCUT2D eigenvalue weighted by Gasteiger charge is -2.26. The normalized spacial score (nSPS) is 18.3. The molecule has 0 atom stereocenters. The fraction of sp³-hybridized carbons (Fsp3) is 0.667. The van der Waals surface area contributed by atoms with Gasteiger partial charge in [-0.05, 0) is 44.2 Å². The monoisotopic (exact) mass is 374 g/mol. The van der Waals surface area contributed by atoms with Crippen molar-refractivity contribution in [1.82, 2.24) is 15.5 Å². The Bertz CT molecular complexity index is 583. The minimum Gasteiger partial charge on any atom is -0.493 e. The van der Waals surface area contributed by atoms with E-state index in [0.717, 1.165) is 70.0 Å². The fourth-order valence-electron chi connectivity index (χ4n) is 3.17. The molecule has 1 heterocycles. The first kappa shape index (κ1) is 20.0. The summed E-state index contributed by atoms with van der Waals surface area (Å²) in [4.78, 5) is 6.81. The molecule has 1 aliphatic heterocycles. The fourth-order valence-corrected chi connectivity index (χ4v) is 3.17. The Labute approximate surface area is 163 Å². The zero-order valence-corrected chi connectivity index (χ0v) is 16.6. The summed E-state index contributed by atoms with van der Waals surface area (Å²) in [5, 5.41) is 6.81. The number of nitrogens with one attached hydrogen (secondary N) is 2. The highest BCUT2D eigenvalue weighted by atomic mass is 16.5. The molecule has 1 aliphatic carbocycles. The van der Waals surface area contributed by atoms with Gasteiger partial charge in [0.25, 0.3) is 0 Å². The van der Waals surface area contributed by atoms with Crippen molar-refractivity contribution in [2.75, 3.05) is 53.0 Å². The Morgan fingerprint density at radius 3 is 2.78 bits per heavy atom. The van der Waals surface area contributed by atoms with Gasteiger partial charge in [0.1, 0.15) is 5.75 Å². The first-order valence-electron chi connectivity index (χ1n) is 10.3. The van der Waals surface area contributed by atoms with E-state index in [1.165, 1.54) is 24.8 Å². The van der Waals surface area contributed by atoms with Crippen LogP contribution < -0.4 is 15.4 Å². The lowest BCUT2D eigenvalue weighted by atomic mass is 10.2. The molecule has 0 unspecified atom stereocenters. The predicted molar refractivity (Wildman–Crippen MR) is 109 cm³/mol. The molecule has 1 saturated carbocycles. The Balaban J connectivity index is 1.32. The van der Waals surface area contributed by atoms with Gasteiger partial charge in [-0.3, -0.25) is 9.89 Å². The average molecular weight is 375 g/mol. The van der Waals surface area contributed by atoms with Crippen molar-refractivity contribution in [2.45, 2.75) is 32.2 Å². The standard InChI is InChI=1S/C21H34N4O2/c1-22-21(23-10-4-5-11-25-12-14-26-15-13-25)24-16-19-6-2-3-7-20(19)27-17-18-8-9-18/h2-3,6-7,18H,4-5,8-17H2,1H3,(H2,22,23,24). The molecule has 0 radical (unpaired) electrons. The van der Waals surface area contributed by atoms with Crippen molar-refractivity contribution in [2.24, 2.45) is 10.9 Å². The molecule has 150 valence electrons. The Hall–Kier alpha value is -1.79. The molecule has 2 N–H and O–H groups in total. The number of aliphatic imine (C=N–C) groups is 1. The predicted octanol–water partition coefficient (Wildman–Crippen LogP) is 2.25. The van der Waals surface area contributed by atoms with E-state index in [1.54, 1.807) is 0 Å². The second-order valence-electron chi connectivity index (χ2n) is 7.38. The molecular weight excluding hydrogens is 340 g/mol. The van der Waals surface area contributed by atoms with Crippen LogP contribution in [0.25, 0.3) is 0 Å². The van der Waals surface area contributed by atoms with E-state index in [1.807, 2.05) is 13.1 Å². The van der Waals surface area contributed by atoms with Crippen LogP contribution in [0.2, 0.25) is 0 Å². The molecule has 0 aromatic heterocycles. The highest BCUT2D eigenvalue weighted by Gasteiger charge is 2.22. The van der Waals surface area contributed by atoms with E-state index < -0.39 is 0 Å². The van der Waals surface area contributed by atoms with Gasteiger partial charge < -0.3 is 20.1 Å². The molecule has 3 rings (SSSR count). The molecule has 2 aliphatic rings. The topological polar surface area (TPSA) is 58.1 Å². The summed E-state index contributed by atoms with van der Waals surface area (Å²) < 4.78 is 11.4. The van der Waals surface area contributed by atoms with Crippen molar-refractivity contribution in [1.29, 1.82) is 0 Å². The first-order valence-corrected chi connectivity index (χ1v) is 10.3. The van der Waals surface area contributed by atoms with Crippen LogP contribution in [0.15, 0.2) is 29.3 Å². The maximum absolute atomic E-state index is 5.98. The largest absolute Gasteiger partial charge is 0.493 e. The Morgan fingerprint density at radius 1 is 1.19 bits per heavy atom. The second-order valence-corrected chi connectivity index (χ2v) is 7.38. The number of unbranched alkanes of at least 4 members (excludes halogenated alkanes) is 1. The molecule has 0 spiro atoms. The van der Waals surface area contributed by atoms with Gasteiger partial charge in [-0.25, -0.2) is 0 Å². The smallest absolute Gasteiger partial charge is 0.191 e. The summed E-state index contributed by atoms with van der Waals surface area (Å²) in [5.74, 6) is 2.59. The second kappa shape index (κ2) is 11.1. The van der Waals surface area contributed by atoms with Gasteiger partial charge in [0, 0.05) is 38.8 Å². The number of rotatable bonds is 10. The van der Waals surface area contributed by atoms with Crippen molar-refractivity contribution in [3.63, 3.8) is 0 Å². The summed E-state index contributed by atoms with van der Waals surface area (Å²) in [5.41, 5.74) is 1.17. The first-order chi connectivity index (χ1) is 13.3. The molecule has 6 heteroatoms. The van der Waals surface area contributed by atoms with Gasteiger partial charge in [-0.15, -0.1) is 0 Å². The number of para-hydroxylation sites is 1. The van der Waals surface area contributed by atoms with Crippen LogP contribution in [-0.4, -0.2) is 63.9 Å². The van der Waals surface area contributed by atoms with Crippen LogP contribution in [0.4, 0.5) is 0 Å². The molecule has 0 amide bonds. The number of ether oxygens (including phenoxy) is 2. The summed E-state index contributed by atoms with van der Waals surface area (Å²) >= 11 is 0. The molecule has 1 saturated heterocycles. The molecule has 1 aromatic carbocycles. The zero-order chi connectivity index (χ0) is 18.7. The molecule has 27 heavy (non-hydrogen) atoms. The van der Waals surface area contributed by atoms with Gasteiger partial charge >= 0.3 is 0 Å². The van der Waals surface area contributed by atoms with Gasteiger partial charge in [-0.1, -0.05) is 18.2 Å². The number of morpholine rings is 1. The van der Waals surface area contributed by atoms with Crippen molar-refractivity contribution in [3.05, 3.63) is 29.8 Å². The summed E-state index contributed by atoms with van der Waals surface area (Å²) in [6, 6.07) is 8.27. The van der Waals surface area contributed by atoms with E-state index in [-0.39, 0.29) is 0 Å². The lowest BCUT2D eigenvalue weighted by Crippen LogP contribution is -2.38. The van der Waals surface area contributed by atoms with Crippen LogP contribution in [0.3, 0.4) is 0 Å². The highest BCUT2D eigenvalue weighted by molar-refractivity contribution is 5.79. The Kier molecular flexibility index (Phi) is 8.24. The third kappa shape index (κ3) is 7.39. The SMILES string of the molecule is CN=C(NCCCCN1CCOCC1)NCc1ccccc1OCC1CC1. The molecule has 6 nitrogen and oxygen atoms in total. The summed E-state index contributed by atoms with van der Waals surface area (Å²) in [6.07, 6.45) is 4.95. The number of benzene rings is 1. The van der Waals surface area contributed by atoms with Crippen molar-refractivity contribution in [3.8, 4) is 5.75 Å². The van der Waals surface area contributed by atoms with Gasteiger partial charge in [0.15, 0.2) is 5.96 Å². The molecule has 2 fully saturated rings. The van der Waals surface area contributed by atoms with Crippen molar-refractivity contribution >= 4 is 5.96 Å². The van der Waals surface area contributed by atoms with Crippen molar-refractivity contribution < 1.29 is 9.47 Å². The average Bonchev–Trinajstić information content (AvgIpc) is 3.54. The number of guanidine groups is 1. The van der Waals surface area contributed by atoms with Gasteiger partial charge in [0.05, 0.1) is 19.8 Å². The van der Waals surface area contributed by atoms with E-state index in [0.29, 0.717) is 6.54 Å². The maximum Gasteiger partial charge on any atom is 0.191 e. The lowest BCUT2D eigenvalue weighted by molar-refractivity contribution is 0.0372. The number of hydrogen-bond donors (Lipinski definition) is 2. The van der Waals surface area contributed by atoms with Gasteiger partial charge in [0.2, 0.25) is 0 Å². The third-order valence-corrected chi connectivity index (χ3v) is 5.11. The Morgan fingerprint density at radius 2 is 2.00 bits per heavy atom. The summed E-state index contributed by atoms with van der Waals surface area (Å²) in [6.45, 7) is 7.53.